The summed E-state index contributed by atoms with van der Waals surface area (Å²) in [5.41, 5.74) is 1.32. The van der Waals surface area contributed by atoms with E-state index in [1.807, 2.05) is 18.2 Å². The molecule has 0 bridgehead atoms. The number of nitrogens with one attached hydrogen (secondary N) is 1. The van der Waals surface area contributed by atoms with Gasteiger partial charge in [0.15, 0.2) is 11.0 Å². The number of benzene rings is 1. The van der Waals surface area contributed by atoms with Crippen LogP contribution in [0.4, 0.5) is 5.69 Å². The maximum atomic E-state index is 12.4. The summed E-state index contributed by atoms with van der Waals surface area (Å²) in [4.78, 5) is 28.5. The average Bonchev–Trinajstić information content (AvgIpc) is 3.06. The fourth-order valence-electron chi connectivity index (χ4n) is 2.34. The number of thioether (sulfide) groups is 1. The SMILES string of the molecule is CC(=O)n1c(SC(C)C(=O)Nc2ccccc2)nnc1-c1ccnc(Cl)c1. The lowest BCUT2D eigenvalue weighted by atomic mass is 10.2. The van der Waals surface area contributed by atoms with Gasteiger partial charge in [0.25, 0.3) is 0 Å². The number of hydrogen-bond acceptors (Lipinski definition) is 6. The van der Waals surface area contributed by atoms with Crippen LogP contribution in [0.2, 0.25) is 5.15 Å². The smallest absolute Gasteiger partial charge is 0.237 e. The van der Waals surface area contributed by atoms with E-state index in [2.05, 4.69) is 20.5 Å². The molecule has 0 saturated carbocycles. The third-order valence-electron chi connectivity index (χ3n) is 3.63. The van der Waals surface area contributed by atoms with Crippen LogP contribution in [-0.2, 0) is 4.79 Å². The molecular weight excluding hydrogens is 386 g/mol. The fraction of sp³-hybridized carbons (Fsp3) is 0.167. The van der Waals surface area contributed by atoms with Gasteiger partial charge in [-0.15, -0.1) is 10.2 Å². The molecule has 0 spiro atoms. The second-order valence-corrected chi connectivity index (χ2v) is 7.34. The first-order valence-corrected chi connectivity index (χ1v) is 9.32. The zero-order valence-electron chi connectivity index (χ0n) is 14.6. The van der Waals surface area contributed by atoms with Gasteiger partial charge < -0.3 is 5.32 Å². The van der Waals surface area contributed by atoms with Crippen molar-refractivity contribution in [1.29, 1.82) is 0 Å². The van der Waals surface area contributed by atoms with Crippen LogP contribution >= 0.6 is 23.4 Å². The lowest BCUT2D eigenvalue weighted by molar-refractivity contribution is -0.115. The van der Waals surface area contributed by atoms with Crippen LogP contribution in [0.25, 0.3) is 11.4 Å². The molecule has 7 nitrogen and oxygen atoms in total. The second-order valence-electron chi connectivity index (χ2n) is 5.64. The number of para-hydroxylation sites is 1. The van der Waals surface area contributed by atoms with Gasteiger partial charge in [0.05, 0.1) is 5.25 Å². The Hall–Kier alpha value is -2.71. The quantitative estimate of drug-likeness (QED) is 0.517. The summed E-state index contributed by atoms with van der Waals surface area (Å²) in [6, 6.07) is 12.4. The van der Waals surface area contributed by atoms with Gasteiger partial charge in [-0.05, 0) is 31.2 Å². The first kappa shape index (κ1) is 19.1. The first-order chi connectivity index (χ1) is 13.0. The van der Waals surface area contributed by atoms with Crippen LogP contribution in [0.1, 0.15) is 18.6 Å². The molecule has 1 atom stereocenters. The lowest BCUT2D eigenvalue weighted by Crippen LogP contribution is -2.23. The van der Waals surface area contributed by atoms with Gasteiger partial charge in [0, 0.05) is 24.4 Å². The van der Waals surface area contributed by atoms with Crippen molar-refractivity contribution in [2.75, 3.05) is 5.32 Å². The predicted molar refractivity (Wildman–Crippen MR) is 105 cm³/mol. The molecule has 138 valence electrons. The van der Waals surface area contributed by atoms with Gasteiger partial charge in [-0.25, -0.2) is 9.55 Å². The van der Waals surface area contributed by atoms with Crippen molar-refractivity contribution in [2.45, 2.75) is 24.3 Å². The highest BCUT2D eigenvalue weighted by Crippen LogP contribution is 2.28. The van der Waals surface area contributed by atoms with Crippen LogP contribution in [0.3, 0.4) is 0 Å². The number of rotatable bonds is 5. The van der Waals surface area contributed by atoms with E-state index in [9.17, 15) is 9.59 Å². The number of nitrogens with zero attached hydrogens (tertiary/aromatic N) is 4. The minimum absolute atomic E-state index is 0.196. The Morgan fingerprint density at radius 2 is 1.93 bits per heavy atom. The van der Waals surface area contributed by atoms with Crippen LogP contribution in [0, 0.1) is 0 Å². The average molecular weight is 402 g/mol. The number of anilines is 1. The number of carbonyl (C=O) groups is 2. The molecule has 1 aromatic carbocycles. The highest BCUT2D eigenvalue weighted by atomic mass is 35.5. The van der Waals surface area contributed by atoms with E-state index in [1.54, 1.807) is 31.2 Å². The van der Waals surface area contributed by atoms with E-state index in [-0.39, 0.29) is 17.0 Å². The molecule has 1 N–H and O–H groups in total. The van der Waals surface area contributed by atoms with Crippen LogP contribution in [0.15, 0.2) is 53.8 Å². The van der Waals surface area contributed by atoms with E-state index in [0.717, 1.165) is 11.8 Å². The predicted octanol–water partition coefficient (Wildman–Crippen LogP) is 3.77. The van der Waals surface area contributed by atoms with Gasteiger partial charge in [-0.3, -0.25) is 9.59 Å². The van der Waals surface area contributed by atoms with E-state index in [4.69, 9.17) is 11.6 Å². The van der Waals surface area contributed by atoms with Crippen LogP contribution < -0.4 is 5.32 Å². The van der Waals surface area contributed by atoms with Crippen LogP contribution in [-0.4, -0.2) is 36.8 Å². The highest BCUT2D eigenvalue weighted by molar-refractivity contribution is 8.00. The Balaban J connectivity index is 1.82. The maximum absolute atomic E-state index is 12.4. The van der Waals surface area contributed by atoms with Crippen molar-refractivity contribution >= 4 is 40.9 Å². The van der Waals surface area contributed by atoms with Gasteiger partial charge in [-0.2, -0.15) is 0 Å². The van der Waals surface area contributed by atoms with Gasteiger partial charge >= 0.3 is 0 Å². The third-order valence-corrected chi connectivity index (χ3v) is 4.88. The van der Waals surface area contributed by atoms with Crippen molar-refractivity contribution in [1.82, 2.24) is 19.7 Å². The van der Waals surface area contributed by atoms with Gasteiger partial charge in [0.2, 0.25) is 11.8 Å². The molecule has 0 saturated heterocycles. The minimum atomic E-state index is -0.485. The monoisotopic (exact) mass is 401 g/mol. The molecular formula is C18H16ClN5O2S. The first-order valence-electron chi connectivity index (χ1n) is 8.06. The van der Waals surface area contributed by atoms with E-state index in [1.165, 1.54) is 17.7 Å². The molecule has 2 heterocycles. The molecule has 0 aliphatic carbocycles. The molecule has 2 aromatic heterocycles. The van der Waals surface area contributed by atoms with Crippen molar-refractivity contribution in [3.8, 4) is 11.4 Å². The van der Waals surface area contributed by atoms with Gasteiger partial charge in [-0.1, -0.05) is 41.6 Å². The Morgan fingerprint density at radius 1 is 1.19 bits per heavy atom. The summed E-state index contributed by atoms with van der Waals surface area (Å²) in [5, 5.41) is 11.1. The number of aromatic nitrogens is 4. The minimum Gasteiger partial charge on any atom is -0.325 e. The lowest BCUT2D eigenvalue weighted by Gasteiger charge is -2.12. The number of pyridine rings is 1. The summed E-state index contributed by atoms with van der Waals surface area (Å²) in [6.45, 7) is 3.15. The van der Waals surface area contributed by atoms with Gasteiger partial charge in [0.1, 0.15) is 5.15 Å². The summed E-state index contributed by atoms with van der Waals surface area (Å²) in [5.74, 6) is -0.108. The third kappa shape index (κ3) is 4.53. The zero-order chi connectivity index (χ0) is 19.4. The topological polar surface area (TPSA) is 89.8 Å². The number of amides is 1. The standard InChI is InChI=1S/C18H16ClN5O2S/c1-11(17(26)21-14-6-4-3-5-7-14)27-18-23-22-16(24(18)12(2)25)13-8-9-20-15(19)10-13/h3-11H,1-2H3,(H,21,26). The number of halogens is 1. The molecule has 0 aliphatic rings. The van der Waals surface area contributed by atoms with E-state index < -0.39 is 5.25 Å². The Kier molecular flexibility index (Phi) is 5.88. The normalized spacial score (nSPS) is 11.8. The Bertz CT molecular complexity index is 977. The van der Waals surface area contributed by atoms with Crippen molar-refractivity contribution in [2.24, 2.45) is 0 Å². The highest BCUT2D eigenvalue weighted by Gasteiger charge is 2.23. The number of carbonyl (C=O) groups excluding carboxylic acids is 2. The Morgan fingerprint density at radius 3 is 2.59 bits per heavy atom. The van der Waals surface area contributed by atoms with Crippen molar-refractivity contribution in [3.63, 3.8) is 0 Å². The summed E-state index contributed by atoms with van der Waals surface area (Å²) >= 11 is 7.08. The second kappa shape index (κ2) is 8.32. The molecule has 27 heavy (non-hydrogen) atoms. The van der Waals surface area contributed by atoms with E-state index in [0.29, 0.717) is 22.2 Å². The molecule has 1 amide bonds. The molecule has 3 aromatic rings. The Labute approximate surface area is 165 Å². The molecule has 0 radical (unpaired) electrons. The molecule has 0 fully saturated rings. The number of hydrogen-bond donors (Lipinski definition) is 1. The maximum Gasteiger partial charge on any atom is 0.237 e. The molecule has 1 unspecified atom stereocenters. The largest absolute Gasteiger partial charge is 0.325 e. The molecule has 3 rings (SSSR count). The summed E-state index contributed by atoms with van der Waals surface area (Å²) in [6.07, 6.45) is 1.53. The summed E-state index contributed by atoms with van der Waals surface area (Å²) in [7, 11) is 0. The fourth-order valence-corrected chi connectivity index (χ4v) is 3.40. The zero-order valence-corrected chi connectivity index (χ0v) is 16.2. The summed E-state index contributed by atoms with van der Waals surface area (Å²) < 4.78 is 1.36. The molecule has 9 heteroatoms. The van der Waals surface area contributed by atoms with Crippen molar-refractivity contribution < 1.29 is 9.59 Å². The molecule has 0 aliphatic heterocycles. The van der Waals surface area contributed by atoms with Crippen LogP contribution in [0.5, 0.6) is 0 Å². The van der Waals surface area contributed by atoms with Crippen molar-refractivity contribution in [3.05, 3.63) is 53.8 Å². The van der Waals surface area contributed by atoms with E-state index >= 15 is 0 Å².